The summed E-state index contributed by atoms with van der Waals surface area (Å²) >= 11 is 0. The molecule has 2 aromatic rings. The number of ether oxygens (including phenoxy) is 2. The van der Waals surface area contributed by atoms with E-state index in [2.05, 4.69) is 5.32 Å². The van der Waals surface area contributed by atoms with Crippen LogP contribution < -0.4 is 19.1 Å². The first-order valence-electron chi connectivity index (χ1n) is 9.37. The zero-order chi connectivity index (χ0) is 21.4. The normalized spacial score (nSPS) is 12.1. The van der Waals surface area contributed by atoms with Gasteiger partial charge in [0.2, 0.25) is 15.9 Å². The van der Waals surface area contributed by atoms with Crippen molar-refractivity contribution in [1.82, 2.24) is 5.32 Å². The van der Waals surface area contributed by atoms with Gasteiger partial charge in [-0.15, -0.1) is 0 Å². The number of sulfonamides is 1. The van der Waals surface area contributed by atoms with Gasteiger partial charge in [-0.25, -0.2) is 8.42 Å². The maximum Gasteiger partial charge on any atom is 0.244 e. The summed E-state index contributed by atoms with van der Waals surface area (Å²) in [5.41, 5.74) is 1.47. The SMILES string of the molecule is CCC(C(=O)NCCOc1cccc(OC)c1)N(c1ccc(C)cc1)S(C)(=O)=O. The first kappa shape index (κ1) is 22.5. The average Bonchev–Trinajstić information content (AvgIpc) is 2.69. The molecule has 0 heterocycles. The third-order valence-electron chi connectivity index (χ3n) is 4.33. The van der Waals surface area contributed by atoms with Crippen molar-refractivity contribution in [3.05, 3.63) is 54.1 Å². The highest BCUT2D eigenvalue weighted by atomic mass is 32.2. The highest BCUT2D eigenvalue weighted by molar-refractivity contribution is 7.92. The van der Waals surface area contributed by atoms with E-state index >= 15 is 0 Å². The van der Waals surface area contributed by atoms with Crippen LogP contribution in [0.15, 0.2) is 48.5 Å². The van der Waals surface area contributed by atoms with Crippen LogP contribution in [0.5, 0.6) is 11.5 Å². The minimum absolute atomic E-state index is 0.248. The lowest BCUT2D eigenvalue weighted by atomic mass is 10.1. The zero-order valence-corrected chi connectivity index (χ0v) is 18.0. The molecule has 0 aliphatic carbocycles. The summed E-state index contributed by atoms with van der Waals surface area (Å²) in [5.74, 6) is 0.940. The molecule has 0 aliphatic heterocycles. The molecule has 1 amide bonds. The number of methoxy groups -OCH3 is 1. The van der Waals surface area contributed by atoms with Crippen molar-refractivity contribution in [1.29, 1.82) is 0 Å². The van der Waals surface area contributed by atoms with Crippen LogP contribution in [0, 0.1) is 6.92 Å². The van der Waals surface area contributed by atoms with Crippen LogP contribution in [0.3, 0.4) is 0 Å². The Hall–Kier alpha value is -2.74. The number of hydrogen-bond donors (Lipinski definition) is 1. The van der Waals surface area contributed by atoms with Crippen molar-refractivity contribution in [2.45, 2.75) is 26.3 Å². The highest BCUT2D eigenvalue weighted by Gasteiger charge is 2.31. The summed E-state index contributed by atoms with van der Waals surface area (Å²) in [7, 11) is -2.07. The van der Waals surface area contributed by atoms with Crippen LogP contribution in [0.25, 0.3) is 0 Å². The van der Waals surface area contributed by atoms with Crippen molar-refractivity contribution in [3.63, 3.8) is 0 Å². The van der Waals surface area contributed by atoms with Gasteiger partial charge >= 0.3 is 0 Å². The molecular formula is C21H28N2O5S. The van der Waals surface area contributed by atoms with E-state index in [0.29, 0.717) is 23.6 Å². The molecule has 0 saturated carbocycles. The number of carbonyl (C=O) groups is 1. The van der Waals surface area contributed by atoms with Crippen molar-refractivity contribution < 1.29 is 22.7 Å². The van der Waals surface area contributed by atoms with E-state index in [9.17, 15) is 13.2 Å². The van der Waals surface area contributed by atoms with E-state index in [-0.39, 0.29) is 19.1 Å². The van der Waals surface area contributed by atoms with E-state index in [1.54, 1.807) is 38.3 Å². The van der Waals surface area contributed by atoms with Gasteiger partial charge in [-0.05, 0) is 37.6 Å². The second-order valence-electron chi connectivity index (χ2n) is 6.64. The molecule has 1 atom stereocenters. The predicted molar refractivity (Wildman–Crippen MR) is 114 cm³/mol. The first-order chi connectivity index (χ1) is 13.8. The lowest BCUT2D eigenvalue weighted by molar-refractivity contribution is -0.122. The van der Waals surface area contributed by atoms with Gasteiger partial charge < -0.3 is 14.8 Å². The molecule has 0 spiro atoms. The number of aryl methyl sites for hydroxylation is 1. The molecule has 29 heavy (non-hydrogen) atoms. The lowest BCUT2D eigenvalue weighted by Gasteiger charge is -2.30. The molecule has 7 nitrogen and oxygen atoms in total. The molecule has 0 aromatic heterocycles. The second kappa shape index (κ2) is 10.2. The topological polar surface area (TPSA) is 84.9 Å². The molecule has 8 heteroatoms. The van der Waals surface area contributed by atoms with Gasteiger partial charge in [0.25, 0.3) is 0 Å². The Bertz CT molecular complexity index is 913. The van der Waals surface area contributed by atoms with E-state index in [1.807, 2.05) is 31.2 Å². The average molecular weight is 421 g/mol. The Morgan fingerprint density at radius 2 is 1.79 bits per heavy atom. The number of rotatable bonds is 10. The number of nitrogens with one attached hydrogen (secondary N) is 1. The summed E-state index contributed by atoms with van der Waals surface area (Å²) < 4.78 is 36.7. The predicted octanol–water partition coefficient (Wildman–Crippen LogP) is 2.74. The van der Waals surface area contributed by atoms with Crippen LogP contribution in [-0.2, 0) is 14.8 Å². The molecule has 2 rings (SSSR count). The molecule has 158 valence electrons. The third kappa shape index (κ3) is 6.39. The fourth-order valence-electron chi connectivity index (χ4n) is 2.90. The van der Waals surface area contributed by atoms with Crippen molar-refractivity contribution in [2.75, 3.05) is 30.8 Å². The first-order valence-corrected chi connectivity index (χ1v) is 11.2. The largest absolute Gasteiger partial charge is 0.497 e. The van der Waals surface area contributed by atoms with Gasteiger partial charge in [0, 0.05) is 6.07 Å². The Labute approximate surface area is 172 Å². The smallest absolute Gasteiger partial charge is 0.244 e. The standard InChI is InChI=1S/C21H28N2O5S/c1-5-20(23(29(4,25)26)17-11-9-16(2)10-12-17)21(24)22-13-14-28-19-8-6-7-18(15-19)27-3/h6-12,15,20H,5,13-14H2,1-4H3,(H,22,24). The Kier molecular flexibility index (Phi) is 7.90. The van der Waals surface area contributed by atoms with Gasteiger partial charge in [-0.1, -0.05) is 30.7 Å². The van der Waals surface area contributed by atoms with E-state index < -0.39 is 16.1 Å². The number of anilines is 1. The maximum atomic E-state index is 12.7. The number of hydrogen-bond acceptors (Lipinski definition) is 5. The van der Waals surface area contributed by atoms with Crippen LogP contribution in [0.1, 0.15) is 18.9 Å². The number of nitrogens with zero attached hydrogens (tertiary/aromatic N) is 1. The van der Waals surface area contributed by atoms with Gasteiger partial charge in [-0.3, -0.25) is 9.10 Å². The van der Waals surface area contributed by atoms with Gasteiger partial charge in [0.1, 0.15) is 24.1 Å². The minimum atomic E-state index is -3.64. The number of carbonyl (C=O) groups excluding carboxylic acids is 1. The fraction of sp³-hybridized carbons (Fsp3) is 0.381. The summed E-state index contributed by atoms with van der Waals surface area (Å²) in [6.45, 7) is 4.20. The summed E-state index contributed by atoms with van der Waals surface area (Å²) in [6, 6.07) is 13.4. The monoisotopic (exact) mass is 420 g/mol. The van der Waals surface area contributed by atoms with Crippen LogP contribution >= 0.6 is 0 Å². The van der Waals surface area contributed by atoms with E-state index in [4.69, 9.17) is 9.47 Å². The summed E-state index contributed by atoms with van der Waals surface area (Å²) in [4.78, 5) is 12.7. The van der Waals surface area contributed by atoms with Crippen LogP contribution in [-0.4, -0.2) is 46.9 Å². The second-order valence-corrected chi connectivity index (χ2v) is 8.50. The molecular weight excluding hydrogens is 392 g/mol. The molecule has 0 bridgehead atoms. The van der Waals surface area contributed by atoms with Gasteiger partial charge in [0.15, 0.2) is 0 Å². The van der Waals surface area contributed by atoms with Crippen LogP contribution in [0.4, 0.5) is 5.69 Å². The Morgan fingerprint density at radius 3 is 2.38 bits per heavy atom. The van der Waals surface area contributed by atoms with Crippen LogP contribution in [0.2, 0.25) is 0 Å². The lowest BCUT2D eigenvalue weighted by Crippen LogP contribution is -2.50. The molecule has 0 aliphatic rings. The maximum absolute atomic E-state index is 12.7. The van der Waals surface area contributed by atoms with Gasteiger partial charge in [-0.2, -0.15) is 0 Å². The Morgan fingerprint density at radius 1 is 1.14 bits per heavy atom. The number of benzene rings is 2. The third-order valence-corrected chi connectivity index (χ3v) is 5.51. The molecule has 0 fully saturated rings. The molecule has 0 saturated heterocycles. The molecule has 2 aromatic carbocycles. The fourth-order valence-corrected chi connectivity index (χ4v) is 4.12. The van der Waals surface area contributed by atoms with Crippen molar-refractivity contribution in [3.8, 4) is 11.5 Å². The quantitative estimate of drug-likeness (QED) is 0.598. The molecule has 1 N–H and O–H groups in total. The molecule has 0 radical (unpaired) electrons. The summed E-state index contributed by atoms with van der Waals surface area (Å²) in [6.07, 6.45) is 1.44. The van der Waals surface area contributed by atoms with Crippen molar-refractivity contribution in [2.24, 2.45) is 0 Å². The zero-order valence-electron chi connectivity index (χ0n) is 17.2. The molecule has 1 unspecified atom stereocenters. The van der Waals surface area contributed by atoms with Crippen molar-refractivity contribution >= 4 is 21.6 Å². The Balaban J connectivity index is 2.02. The number of amides is 1. The highest BCUT2D eigenvalue weighted by Crippen LogP contribution is 2.23. The minimum Gasteiger partial charge on any atom is -0.497 e. The van der Waals surface area contributed by atoms with E-state index in [1.165, 1.54) is 4.31 Å². The summed E-state index contributed by atoms with van der Waals surface area (Å²) in [5, 5.41) is 2.76. The van der Waals surface area contributed by atoms with Gasteiger partial charge in [0.05, 0.1) is 25.6 Å². The van der Waals surface area contributed by atoms with E-state index in [0.717, 1.165) is 11.8 Å².